The van der Waals surface area contributed by atoms with Gasteiger partial charge in [0.2, 0.25) is 5.88 Å². The van der Waals surface area contributed by atoms with Crippen LogP contribution >= 0.6 is 0 Å². The van der Waals surface area contributed by atoms with Crippen molar-refractivity contribution >= 4 is 5.91 Å². The van der Waals surface area contributed by atoms with Gasteiger partial charge in [-0.1, -0.05) is 18.2 Å². The Balaban J connectivity index is 1.45. The highest BCUT2D eigenvalue weighted by Gasteiger charge is 2.16. The Morgan fingerprint density at radius 3 is 3.00 bits per heavy atom. The summed E-state index contributed by atoms with van der Waals surface area (Å²) in [6.45, 7) is 1.28. The van der Waals surface area contributed by atoms with E-state index in [4.69, 9.17) is 9.47 Å². The Labute approximate surface area is 129 Å². The summed E-state index contributed by atoms with van der Waals surface area (Å²) in [5.74, 6) is 0.265. The quantitative estimate of drug-likeness (QED) is 0.879. The van der Waals surface area contributed by atoms with Crippen LogP contribution in [0.15, 0.2) is 42.6 Å². The van der Waals surface area contributed by atoms with Crippen LogP contribution in [0.3, 0.4) is 0 Å². The van der Waals surface area contributed by atoms with Gasteiger partial charge < -0.3 is 14.8 Å². The molecule has 1 saturated heterocycles. The molecule has 6 heteroatoms. The molecule has 1 fully saturated rings. The molecule has 0 unspecified atom stereocenters. The first kappa shape index (κ1) is 14.6. The molecule has 22 heavy (non-hydrogen) atoms. The van der Waals surface area contributed by atoms with Crippen molar-refractivity contribution in [2.75, 3.05) is 19.8 Å². The van der Waals surface area contributed by atoms with Gasteiger partial charge in [0.05, 0.1) is 11.8 Å². The normalized spacial score (nSPS) is 17.4. The van der Waals surface area contributed by atoms with Crippen molar-refractivity contribution in [2.45, 2.75) is 18.9 Å². The fourth-order valence-electron chi connectivity index (χ4n) is 2.33. The molecule has 2 heterocycles. The van der Waals surface area contributed by atoms with Gasteiger partial charge in [0.15, 0.2) is 6.61 Å². The summed E-state index contributed by atoms with van der Waals surface area (Å²) in [5.41, 5.74) is 0.945. The summed E-state index contributed by atoms with van der Waals surface area (Å²) in [4.78, 5) is 11.7. The van der Waals surface area contributed by atoms with E-state index in [0.717, 1.165) is 25.1 Å². The van der Waals surface area contributed by atoms with Crippen LogP contribution in [0.4, 0.5) is 0 Å². The van der Waals surface area contributed by atoms with Crippen molar-refractivity contribution in [1.29, 1.82) is 0 Å². The summed E-state index contributed by atoms with van der Waals surface area (Å²) in [5, 5.41) is 7.09. The largest absolute Gasteiger partial charge is 0.466 e. The van der Waals surface area contributed by atoms with Crippen LogP contribution < -0.4 is 10.1 Å². The summed E-state index contributed by atoms with van der Waals surface area (Å²) >= 11 is 0. The third-order valence-electron chi connectivity index (χ3n) is 3.49. The van der Waals surface area contributed by atoms with Crippen molar-refractivity contribution in [3.63, 3.8) is 0 Å². The van der Waals surface area contributed by atoms with E-state index < -0.39 is 0 Å². The molecular formula is C16H19N3O3. The predicted octanol–water partition coefficient (Wildman–Crippen LogP) is 1.55. The Morgan fingerprint density at radius 2 is 2.23 bits per heavy atom. The maximum Gasteiger partial charge on any atom is 0.258 e. The zero-order valence-corrected chi connectivity index (χ0v) is 12.3. The van der Waals surface area contributed by atoms with Gasteiger partial charge in [-0.25, -0.2) is 4.68 Å². The van der Waals surface area contributed by atoms with E-state index in [9.17, 15) is 4.79 Å². The highest BCUT2D eigenvalue weighted by atomic mass is 16.5. The summed E-state index contributed by atoms with van der Waals surface area (Å²) < 4.78 is 12.6. The van der Waals surface area contributed by atoms with Gasteiger partial charge >= 0.3 is 0 Å². The molecule has 0 aliphatic carbocycles. The lowest BCUT2D eigenvalue weighted by molar-refractivity contribution is -0.123. The number of hydrogen-bond acceptors (Lipinski definition) is 4. The monoisotopic (exact) mass is 301 g/mol. The molecule has 0 radical (unpaired) electrons. The number of para-hydroxylation sites is 1. The predicted molar refractivity (Wildman–Crippen MR) is 81.0 cm³/mol. The van der Waals surface area contributed by atoms with E-state index in [1.807, 2.05) is 30.3 Å². The molecule has 3 rings (SSSR count). The second kappa shape index (κ2) is 7.09. The fraction of sp³-hybridized carbons (Fsp3) is 0.375. The third-order valence-corrected chi connectivity index (χ3v) is 3.49. The molecule has 1 amide bonds. The van der Waals surface area contributed by atoms with Gasteiger partial charge in [-0.3, -0.25) is 4.79 Å². The van der Waals surface area contributed by atoms with E-state index in [0.29, 0.717) is 12.4 Å². The minimum atomic E-state index is -0.162. The molecule has 116 valence electrons. The molecule has 1 aliphatic rings. The number of carbonyl (C=O) groups excluding carboxylic acids is 1. The molecule has 2 aromatic rings. The van der Waals surface area contributed by atoms with E-state index in [-0.39, 0.29) is 18.6 Å². The molecular weight excluding hydrogens is 282 g/mol. The first-order valence-electron chi connectivity index (χ1n) is 7.43. The topological polar surface area (TPSA) is 65.4 Å². The summed E-state index contributed by atoms with van der Waals surface area (Å²) in [6.07, 6.45) is 4.01. The molecule has 0 saturated carbocycles. The van der Waals surface area contributed by atoms with Crippen LogP contribution in [0.1, 0.15) is 12.8 Å². The van der Waals surface area contributed by atoms with Crippen molar-refractivity contribution < 1.29 is 14.3 Å². The Morgan fingerprint density at radius 1 is 1.36 bits per heavy atom. The number of nitrogens with one attached hydrogen (secondary N) is 1. The van der Waals surface area contributed by atoms with Crippen LogP contribution in [-0.2, 0) is 9.53 Å². The first-order valence-corrected chi connectivity index (χ1v) is 7.43. The molecule has 1 atom stereocenters. The average molecular weight is 301 g/mol. The lowest BCUT2D eigenvalue weighted by Gasteiger charge is -2.10. The van der Waals surface area contributed by atoms with E-state index in [1.165, 1.54) is 0 Å². The Kier molecular flexibility index (Phi) is 4.70. The second-order valence-corrected chi connectivity index (χ2v) is 5.16. The third kappa shape index (κ3) is 3.85. The SMILES string of the molecule is O=C(COc1ccn(-c2ccccc2)n1)NC[C@H]1CCCO1. The standard InChI is InChI=1S/C16H19N3O3/c20-15(17-11-14-7-4-10-21-14)12-22-16-8-9-19(18-16)13-5-2-1-3-6-13/h1-3,5-6,8-9,14H,4,7,10-12H2,(H,17,20)/t14-/m1/s1. The van der Waals surface area contributed by atoms with Crippen LogP contribution in [0.25, 0.3) is 5.69 Å². The zero-order valence-electron chi connectivity index (χ0n) is 12.3. The highest BCUT2D eigenvalue weighted by Crippen LogP contribution is 2.12. The van der Waals surface area contributed by atoms with Crippen molar-refractivity contribution in [3.8, 4) is 11.6 Å². The van der Waals surface area contributed by atoms with Gasteiger partial charge in [0.1, 0.15) is 0 Å². The number of amides is 1. The molecule has 0 bridgehead atoms. The lowest BCUT2D eigenvalue weighted by Crippen LogP contribution is -2.35. The molecule has 1 aromatic carbocycles. The van der Waals surface area contributed by atoms with Crippen molar-refractivity contribution in [1.82, 2.24) is 15.1 Å². The number of nitrogens with zero attached hydrogens (tertiary/aromatic N) is 2. The maximum absolute atomic E-state index is 11.7. The maximum atomic E-state index is 11.7. The van der Waals surface area contributed by atoms with Crippen LogP contribution in [0, 0.1) is 0 Å². The van der Waals surface area contributed by atoms with E-state index in [1.54, 1.807) is 16.9 Å². The Hall–Kier alpha value is -2.34. The van der Waals surface area contributed by atoms with Crippen LogP contribution in [0.5, 0.6) is 5.88 Å². The van der Waals surface area contributed by atoms with Gasteiger partial charge in [-0.05, 0) is 25.0 Å². The minimum absolute atomic E-state index is 0.0431. The number of ether oxygens (including phenoxy) is 2. The van der Waals surface area contributed by atoms with Crippen LogP contribution in [0.2, 0.25) is 0 Å². The van der Waals surface area contributed by atoms with Crippen molar-refractivity contribution in [3.05, 3.63) is 42.6 Å². The van der Waals surface area contributed by atoms with Crippen molar-refractivity contribution in [2.24, 2.45) is 0 Å². The van der Waals surface area contributed by atoms with E-state index in [2.05, 4.69) is 10.4 Å². The van der Waals surface area contributed by atoms with E-state index >= 15 is 0 Å². The first-order chi connectivity index (χ1) is 10.8. The van der Waals surface area contributed by atoms with Gasteiger partial charge in [0.25, 0.3) is 5.91 Å². The van der Waals surface area contributed by atoms with Crippen LogP contribution in [-0.4, -0.2) is 41.6 Å². The number of rotatable bonds is 6. The highest BCUT2D eigenvalue weighted by molar-refractivity contribution is 5.77. The van der Waals surface area contributed by atoms with Gasteiger partial charge in [0, 0.05) is 25.4 Å². The smallest absolute Gasteiger partial charge is 0.258 e. The molecule has 0 spiro atoms. The minimum Gasteiger partial charge on any atom is -0.466 e. The molecule has 1 aliphatic heterocycles. The second-order valence-electron chi connectivity index (χ2n) is 5.16. The lowest BCUT2D eigenvalue weighted by atomic mass is 10.2. The zero-order chi connectivity index (χ0) is 15.2. The van der Waals surface area contributed by atoms with Gasteiger partial charge in [-0.2, -0.15) is 0 Å². The number of hydrogen-bond donors (Lipinski definition) is 1. The fourth-order valence-corrected chi connectivity index (χ4v) is 2.33. The Bertz CT molecular complexity index is 606. The number of benzene rings is 1. The molecule has 6 nitrogen and oxygen atoms in total. The average Bonchev–Trinajstić information content (AvgIpc) is 3.23. The summed E-state index contributed by atoms with van der Waals surface area (Å²) in [6, 6.07) is 11.5. The summed E-state index contributed by atoms with van der Waals surface area (Å²) in [7, 11) is 0. The number of aromatic nitrogens is 2. The molecule has 1 aromatic heterocycles. The number of carbonyl (C=O) groups is 1. The molecule has 1 N–H and O–H groups in total. The van der Waals surface area contributed by atoms with Gasteiger partial charge in [-0.15, -0.1) is 5.10 Å².